The van der Waals surface area contributed by atoms with Crippen LogP contribution in [0, 0.1) is 0 Å². The number of rotatable bonds is 3. The summed E-state index contributed by atoms with van der Waals surface area (Å²) >= 11 is 0. The fraction of sp³-hybridized carbons (Fsp3) is 0.455. The number of aliphatic carboxylic acids is 1. The molecule has 0 radical (unpaired) electrons. The van der Waals surface area contributed by atoms with Crippen LogP contribution in [0.4, 0.5) is 13.2 Å². The normalized spacial score (nSPS) is 17.3. The molecule has 4 nitrogen and oxygen atoms in total. The minimum Gasteiger partial charge on any atom is -0.481 e. The summed E-state index contributed by atoms with van der Waals surface area (Å²) < 4.78 is 42.2. The summed E-state index contributed by atoms with van der Waals surface area (Å²) in [6, 6.07) is 1.91. The summed E-state index contributed by atoms with van der Waals surface area (Å²) in [5.41, 5.74) is -2.03. The van der Waals surface area contributed by atoms with Gasteiger partial charge in [0, 0.05) is 5.56 Å². The van der Waals surface area contributed by atoms with Gasteiger partial charge in [-0.1, -0.05) is 6.07 Å². The minimum atomic E-state index is -4.58. The van der Waals surface area contributed by atoms with Crippen molar-refractivity contribution in [1.29, 1.82) is 0 Å². The Bertz CT molecular complexity index is 495. The maximum atomic E-state index is 12.5. The predicted octanol–water partition coefficient (Wildman–Crippen LogP) is 2.23. The zero-order valence-electron chi connectivity index (χ0n) is 9.41. The molecular weight excluding hydrogens is 251 g/mol. The summed E-state index contributed by atoms with van der Waals surface area (Å²) in [6.07, 6.45) is -3.82. The number of methoxy groups -OCH3 is 1. The topological polar surface area (TPSA) is 59.4 Å². The van der Waals surface area contributed by atoms with Gasteiger partial charge in [0.2, 0.25) is 5.88 Å². The molecule has 0 aliphatic heterocycles. The van der Waals surface area contributed by atoms with Gasteiger partial charge in [-0.15, -0.1) is 0 Å². The van der Waals surface area contributed by atoms with Crippen LogP contribution in [0.3, 0.4) is 0 Å². The van der Waals surface area contributed by atoms with Crippen molar-refractivity contribution in [2.24, 2.45) is 0 Å². The summed E-state index contributed by atoms with van der Waals surface area (Å²) in [4.78, 5) is 14.5. The lowest BCUT2D eigenvalue weighted by Crippen LogP contribution is -2.21. The van der Waals surface area contributed by atoms with Gasteiger partial charge < -0.3 is 9.84 Å². The maximum absolute atomic E-state index is 12.5. The summed E-state index contributed by atoms with van der Waals surface area (Å²) in [5.74, 6) is -1.34. The maximum Gasteiger partial charge on any atom is 0.433 e. The van der Waals surface area contributed by atoms with Crippen LogP contribution in [0.25, 0.3) is 0 Å². The first kappa shape index (κ1) is 12.7. The molecule has 18 heavy (non-hydrogen) atoms. The van der Waals surface area contributed by atoms with Crippen LogP contribution in [0.1, 0.15) is 24.1 Å². The quantitative estimate of drug-likeness (QED) is 0.906. The molecule has 0 spiro atoms. The lowest BCUT2D eigenvalue weighted by atomic mass is 9.97. The van der Waals surface area contributed by atoms with Gasteiger partial charge in [-0.3, -0.25) is 4.79 Å². The third-order valence-corrected chi connectivity index (χ3v) is 3.02. The number of carboxylic acid groups (broad SMARTS) is 1. The first-order valence-corrected chi connectivity index (χ1v) is 5.17. The number of aromatic nitrogens is 1. The van der Waals surface area contributed by atoms with E-state index in [0.717, 1.165) is 12.1 Å². The first-order chi connectivity index (χ1) is 8.31. The van der Waals surface area contributed by atoms with Crippen molar-refractivity contribution in [2.45, 2.75) is 24.4 Å². The number of nitrogens with zero attached hydrogens (tertiary/aromatic N) is 1. The molecule has 2 rings (SSSR count). The third-order valence-electron chi connectivity index (χ3n) is 3.02. The Labute approximate surface area is 100 Å². The fourth-order valence-corrected chi connectivity index (χ4v) is 1.84. The van der Waals surface area contributed by atoms with Crippen LogP contribution in [0.15, 0.2) is 12.1 Å². The molecule has 1 N–H and O–H groups in total. The van der Waals surface area contributed by atoms with E-state index in [1.54, 1.807) is 0 Å². The van der Waals surface area contributed by atoms with Gasteiger partial charge in [-0.05, 0) is 18.9 Å². The van der Waals surface area contributed by atoms with Gasteiger partial charge in [-0.25, -0.2) is 4.98 Å². The van der Waals surface area contributed by atoms with E-state index < -0.39 is 23.3 Å². The molecule has 98 valence electrons. The molecule has 1 aliphatic carbocycles. The summed E-state index contributed by atoms with van der Waals surface area (Å²) in [5, 5.41) is 9.10. The molecule has 1 fully saturated rings. The molecule has 0 unspecified atom stereocenters. The monoisotopic (exact) mass is 261 g/mol. The van der Waals surface area contributed by atoms with Crippen molar-refractivity contribution < 1.29 is 27.8 Å². The Hall–Kier alpha value is -1.79. The van der Waals surface area contributed by atoms with Gasteiger partial charge in [0.1, 0.15) is 5.69 Å². The average molecular weight is 261 g/mol. The van der Waals surface area contributed by atoms with Crippen LogP contribution in [0.5, 0.6) is 5.88 Å². The molecule has 1 heterocycles. The van der Waals surface area contributed by atoms with E-state index >= 15 is 0 Å². The second-order valence-electron chi connectivity index (χ2n) is 4.14. The lowest BCUT2D eigenvalue weighted by molar-refractivity contribution is -0.141. The second-order valence-corrected chi connectivity index (χ2v) is 4.14. The van der Waals surface area contributed by atoms with Crippen molar-refractivity contribution >= 4 is 5.97 Å². The predicted molar refractivity (Wildman–Crippen MR) is 54.3 cm³/mol. The van der Waals surface area contributed by atoms with Crippen molar-refractivity contribution in [3.63, 3.8) is 0 Å². The largest absolute Gasteiger partial charge is 0.481 e. The van der Waals surface area contributed by atoms with Gasteiger partial charge >= 0.3 is 12.1 Å². The SMILES string of the molecule is COc1nc(C(F)(F)F)ccc1C1(C(=O)O)CC1. The second kappa shape index (κ2) is 3.86. The number of ether oxygens (including phenoxy) is 1. The van der Waals surface area contributed by atoms with Crippen LogP contribution < -0.4 is 4.74 Å². The molecule has 0 amide bonds. The van der Waals surface area contributed by atoms with Crippen molar-refractivity contribution in [2.75, 3.05) is 7.11 Å². The Morgan fingerprint density at radius 1 is 1.44 bits per heavy atom. The third kappa shape index (κ3) is 1.89. The molecule has 1 aromatic heterocycles. The van der Waals surface area contributed by atoms with E-state index in [-0.39, 0.29) is 11.4 Å². The number of hydrogen-bond acceptors (Lipinski definition) is 3. The number of halogens is 3. The van der Waals surface area contributed by atoms with E-state index in [1.165, 1.54) is 7.11 Å². The Morgan fingerprint density at radius 3 is 2.44 bits per heavy atom. The molecule has 1 aliphatic rings. The molecular formula is C11H10F3NO3. The fourth-order valence-electron chi connectivity index (χ4n) is 1.84. The number of pyridine rings is 1. The molecule has 0 atom stereocenters. The number of carbonyl (C=O) groups is 1. The minimum absolute atomic E-state index is 0.200. The summed E-state index contributed by atoms with van der Waals surface area (Å²) in [6.45, 7) is 0. The molecule has 0 aromatic carbocycles. The molecule has 1 aromatic rings. The average Bonchev–Trinajstić information content (AvgIpc) is 3.08. The number of alkyl halides is 3. The van der Waals surface area contributed by atoms with Gasteiger partial charge in [0.05, 0.1) is 12.5 Å². The highest BCUT2D eigenvalue weighted by Crippen LogP contribution is 2.51. The molecule has 0 bridgehead atoms. The highest BCUT2D eigenvalue weighted by Gasteiger charge is 2.54. The lowest BCUT2D eigenvalue weighted by Gasteiger charge is -2.15. The van der Waals surface area contributed by atoms with E-state index in [1.807, 2.05) is 0 Å². The van der Waals surface area contributed by atoms with Crippen molar-refractivity contribution in [1.82, 2.24) is 4.98 Å². The number of carboxylic acids is 1. The van der Waals surface area contributed by atoms with Crippen molar-refractivity contribution in [3.8, 4) is 5.88 Å². The standard InChI is InChI=1S/C11H10F3NO3/c1-18-8-6(10(4-5-10)9(16)17)2-3-7(15-8)11(12,13)14/h2-3H,4-5H2,1H3,(H,16,17). The van der Waals surface area contributed by atoms with Crippen molar-refractivity contribution in [3.05, 3.63) is 23.4 Å². The highest BCUT2D eigenvalue weighted by molar-refractivity contribution is 5.85. The van der Waals surface area contributed by atoms with E-state index in [9.17, 15) is 18.0 Å². The molecule has 1 saturated carbocycles. The highest BCUT2D eigenvalue weighted by atomic mass is 19.4. The molecule has 7 heteroatoms. The van der Waals surface area contributed by atoms with Crippen LogP contribution in [-0.2, 0) is 16.4 Å². The van der Waals surface area contributed by atoms with Crippen LogP contribution in [0.2, 0.25) is 0 Å². The zero-order valence-corrected chi connectivity index (χ0v) is 9.41. The molecule has 0 saturated heterocycles. The summed E-state index contributed by atoms with van der Waals surface area (Å²) in [7, 11) is 1.17. The Morgan fingerprint density at radius 2 is 2.06 bits per heavy atom. The Balaban J connectivity index is 2.48. The van der Waals surface area contributed by atoms with Gasteiger partial charge in [0.15, 0.2) is 0 Å². The first-order valence-electron chi connectivity index (χ1n) is 5.17. The smallest absolute Gasteiger partial charge is 0.433 e. The van der Waals surface area contributed by atoms with Crippen LogP contribution >= 0.6 is 0 Å². The Kier molecular flexibility index (Phi) is 2.71. The zero-order chi connectivity index (χ0) is 13.6. The number of hydrogen-bond donors (Lipinski definition) is 1. The van der Waals surface area contributed by atoms with E-state index in [0.29, 0.717) is 12.8 Å². The van der Waals surface area contributed by atoms with Gasteiger partial charge in [-0.2, -0.15) is 13.2 Å². The van der Waals surface area contributed by atoms with Crippen LogP contribution in [-0.4, -0.2) is 23.2 Å². The van der Waals surface area contributed by atoms with Gasteiger partial charge in [0.25, 0.3) is 0 Å². The van der Waals surface area contributed by atoms with E-state index in [2.05, 4.69) is 4.98 Å². The van der Waals surface area contributed by atoms with E-state index in [4.69, 9.17) is 9.84 Å².